The van der Waals surface area contributed by atoms with Gasteiger partial charge in [-0.15, -0.1) is 0 Å². The molecule has 1 aromatic carbocycles. The summed E-state index contributed by atoms with van der Waals surface area (Å²) in [5, 5.41) is 0. The number of nitrogens with one attached hydrogen (secondary N) is 1. The molecule has 1 fully saturated rings. The molecule has 118 valence electrons. The number of hydrogen-bond acceptors (Lipinski definition) is 3. The molecule has 0 spiro atoms. The highest BCUT2D eigenvalue weighted by Crippen LogP contribution is 2.40. The van der Waals surface area contributed by atoms with Gasteiger partial charge >= 0.3 is 0 Å². The van der Waals surface area contributed by atoms with Crippen molar-refractivity contribution in [2.75, 3.05) is 12.8 Å². The second kappa shape index (κ2) is 6.52. The Balaban J connectivity index is 2.23. The van der Waals surface area contributed by atoms with Crippen molar-refractivity contribution in [1.29, 1.82) is 0 Å². The van der Waals surface area contributed by atoms with Crippen molar-refractivity contribution < 1.29 is 17.2 Å². The van der Waals surface area contributed by atoms with Crippen molar-refractivity contribution in [3.05, 3.63) is 28.2 Å². The number of benzene rings is 1. The molecule has 1 aliphatic rings. The number of rotatable bonds is 5. The van der Waals surface area contributed by atoms with Crippen LogP contribution < -0.4 is 4.72 Å². The van der Waals surface area contributed by atoms with Gasteiger partial charge in [0.05, 0.1) is 0 Å². The van der Waals surface area contributed by atoms with E-state index in [9.17, 15) is 17.2 Å². The van der Waals surface area contributed by atoms with Crippen LogP contribution in [0.2, 0.25) is 0 Å². The van der Waals surface area contributed by atoms with E-state index >= 15 is 0 Å². The predicted octanol–water partition coefficient (Wildman–Crippen LogP) is 3.68. The Labute approximate surface area is 136 Å². The van der Waals surface area contributed by atoms with Crippen LogP contribution in [0.5, 0.6) is 0 Å². The zero-order valence-electron chi connectivity index (χ0n) is 11.5. The Hall–Kier alpha value is -0.180. The first-order chi connectivity index (χ1) is 9.80. The van der Waals surface area contributed by atoms with Crippen molar-refractivity contribution in [1.82, 2.24) is 4.72 Å². The molecular formula is C13H16BrF2NO2S2. The molecule has 0 atom stereocenters. The molecule has 1 aromatic rings. The number of sulfonamides is 1. The van der Waals surface area contributed by atoms with Gasteiger partial charge < -0.3 is 0 Å². The number of hydrogen-bond donors (Lipinski definition) is 1. The Bertz CT molecular complexity index is 608. The second-order valence-electron chi connectivity index (χ2n) is 5.12. The monoisotopic (exact) mass is 399 g/mol. The van der Waals surface area contributed by atoms with Crippen LogP contribution in [-0.2, 0) is 10.0 Å². The first kappa shape index (κ1) is 17.2. The maximum atomic E-state index is 13.8. The normalized spacial score (nSPS) is 18.1. The van der Waals surface area contributed by atoms with E-state index in [4.69, 9.17) is 0 Å². The summed E-state index contributed by atoms with van der Waals surface area (Å²) < 4.78 is 53.6. The topological polar surface area (TPSA) is 46.2 Å². The van der Waals surface area contributed by atoms with Crippen LogP contribution in [0.1, 0.15) is 25.7 Å². The van der Waals surface area contributed by atoms with Gasteiger partial charge in [-0.3, -0.25) is 0 Å². The van der Waals surface area contributed by atoms with Gasteiger partial charge in [-0.2, -0.15) is 11.8 Å². The lowest BCUT2D eigenvalue weighted by atomic mass is 10.1. The van der Waals surface area contributed by atoms with Crippen molar-refractivity contribution in [3.63, 3.8) is 0 Å². The molecular weight excluding hydrogens is 384 g/mol. The van der Waals surface area contributed by atoms with E-state index < -0.39 is 26.6 Å². The summed E-state index contributed by atoms with van der Waals surface area (Å²) in [6.07, 6.45) is 5.95. The van der Waals surface area contributed by atoms with Crippen LogP contribution in [-0.4, -0.2) is 26.0 Å². The Morgan fingerprint density at radius 2 is 1.95 bits per heavy atom. The summed E-state index contributed by atoms with van der Waals surface area (Å²) in [4.78, 5) is -0.543. The fourth-order valence-electron chi connectivity index (χ4n) is 2.56. The first-order valence-corrected chi connectivity index (χ1v) is 9.99. The molecule has 8 heteroatoms. The highest BCUT2D eigenvalue weighted by Gasteiger charge is 2.35. The Morgan fingerprint density at radius 3 is 2.48 bits per heavy atom. The minimum absolute atomic E-state index is 0.114. The van der Waals surface area contributed by atoms with Gasteiger partial charge in [0.25, 0.3) is 0 Å². The fourth-order valence-corrected chi connectivity index (χ4v) is 5.85. The van der Waals surface area contributed by atoms with Crippen molar-refractivity contribution in [3.8, 4) is 0 Å². The van der Waals surface area contributed by atoms with Crippen LogP contribution in [0.25, 0.3) is 0 Å². The number of thioether (sulfide) groups is 1. The summed E-state index contributed by atoms with van der Waals surface area (Å²) in [6.45, 7) is 0.250. The van der Waals surface area contributed by atoms with Gasteiger partial charge in [0.2, 0.25) is 10.0 Å². The standard InChI is InChI=1S/C13H16BrF2NO2S2/c1-20-13(4-2-3-5-13)8-17-21(18,19)12-10(14)6-9(15)7-11(12)16/h6-7,17H,2-5,8H2,1H3. The van der Waals surface area contributed by atoms with Gasteiger partial charge in [-0.25, -0.2) is 21.9 Å². The van der Waals surface area contributed by atoms with Crippen molar-refractivity contribution >= 4 is 37.7 Å². The molecule has 0 unspecified atom stereocenters. The maximum absolute atomic E-state index is 13.8. The highest BCUT2D eigenvalue weighted by atomic mass is 79.9. The Kier molecular flexibility index (Phi) is 5.33. The maximum Gasteiger partial charge on any atom is 0.244 e. The van der Waals surface area contributed by atoms with E-state index in [1.54, 1.807) is 11.8 Å². The molecule has 0 amide bonds. The van der Waals surface area contributed by atoms with E-state index in [0.717, 1.165) is 31.7 Å². The molecule has 0 aromatic heterocycles. The Morgan fingerprint density at radius 1 is 1.33 bits per heavy atom. The smallest absolute Gasteiger partial charge is 0.210 e. The molecule has 0 saturated heterocycles. The summed E-state index contributed by atoms with van der Waals surface area (Å²) in [7, 11) is -4.03. The summed E-state index contributed by atoms with van der Waals surface area (Å²) in [5.74, 6) is -1.92. The van der Waals surface area contributed by atoms with E-state index in [1.807, 2.05) is 6.26 Å². The van der Waals surface area contributed by atoms with Gasteiger partial charge in [0.15, 0.2) is 0 Å². The average molecular weight is 400 g/mol. The molecule has 1 saturated carbocycles. The molecule has 0 bridgehead atoms. The zero-order chi connectivity index (χ0) is 15.7. The van der Waals surface area contributed by atoms with Crippen LogP contribution >= 0.6 is 27.7 Å². The van der Waals surface area contributed by atoms with Crippen LogP contribution in [0.3, 0.4) is 0 Å². The van der Waals surface area contributed by atoms with Gasteiger partial charge in [0, 0.05) is 21.8 Å². The quantitative estimate of drug-likeness (QED) is 0.820. The molecule has 3 nitrogen and oxygen atoms in total. The second-order valence-corrected chi connectivity index (χ2v) is 8.95. The van der Waals surface area contributed by atoms with Gasteiger partial charge in [0.1, 0.15) is 16.5 Å². The predicted molar refractivity (Wildman–Crippen MR) is 84.0 cm³/mol. The fraction of sp³-hybridized carbons (Fsp3) is 0.538. The molecule has 2 rings (SSSR count). The van der Waals surface area contributed by atoms with Gasteiger partial charge in [-0.1, -0.05) is 12.8 Å². The molecule has 0 radical (unpaired) electrons. The number of halogens is 3. The molecule has 0 aliphatic heterocycles. The lowest BCUT2D eigenvalue weighted by Gasteiger charge is -2.27. The molecule has 21 heavy (non-hydrogen) atoms. The zero-order valence-corrected chi connectivity index (χ0v) is 14.7. The molecule has 1 N–H and O–H groups in total. The SMILES string of the molecule is CSC1(CNS(=O)(=O)c2c(F)cc(F)cc2Br)CCCC1. The lowest BCUT2D eigenvalue weighted by Crippen LogP contribution is -2.38. The van der Waals surface area contributed by atoms with Gasteiger partial charge in [-0.05, 0) is 41.1 Å². The van der Waals surface area contributed by atoms with E-state index in [1.165, 1.54) is 0 Å². The lowest BCUT2D eigenvalue weighted by molar-refractivity contribution is 0.529. The highest BCUT2D eigenvalue weighted by molar-refractivity contribution is 9.10. The van der Waals surface area contributed by atoms with Crippen LogP contribution in [0.4, 0.5) is 8.78 Å². The van der Waals surface area contributed by atoms with Crippen molar-refractivity contribution in [2.45, 2.75) is 35.3 Å². The van der Waals surface area contributed by atoms with Crippen molar-refractivity contribution in [2.24, 2.45) is 0 Å². The van der Waals surface area contributed by atoms with E-state index in [0.29, 0.717) is 6.07 Å². The van der Waals surface area contributed by atoms with Crippen LogP contribution in [0.15, 0.2) is 21.5 Å². The third-order valence-electron chi connectivity index (χ3n) is 3.76. The third kappa shape index (κ3) is 3.78. The third-order valence-corrected chi connectivity index (χ3v) is 7.55. The van der Waals surface area contributed by atoms with Crippen LogP contribution in [0, 0.1) is 11.6 Å². The summed E-state index contributed by atoms with van der Waals surface area (Å²) >= 11 is 4.55. The minimum Gasteiger partial charge on any atom is -0.210 e. The summed E-state index contributed by atoms with van der Waals surface area (Å²) in [6, 6.07) is 1.51. The summed E-state index contributed by atoms with van der Waals surface area (Å²) in [5.41, 5.74) is 0. The minimum atomic E-state index is -4.03. The largest absolute Gasteiger partial charge is 0.244 e. The first-order valence-electron chi connectivity index (χ1n) is 6.49. The van der Waals surface area contributed by atoms with E-state index in [2.05, 4.69) is 20.7 Å². The molecule has 0 heterocycles. The average Bonchev–Trinajstić information content (AvgIpc) is 2.84. The molecule has 1 aliphatic carbocycles. The van der Waals surface area contributed by atoms with E-state index in [-0.39, 0.29) is 15.8 Å².